The molecule has 2 aromatic carbocycles. The van der Waals surface area contributed by atoms with Crippen molar-refractivity contribution in [1.29, 1.82) is 0 Å². The molecule has 0 amide bonds. The summed E-state index contributed by atoms with van der Waals surface area (Å²) < 4.78 is 6.25. The number of nitrogens with zero attached hydrogens (tertiary/aromatic N) is 4. The molecule has 0 saturated carbocycles. The first kappa shape index (κ1) is 31.9. The summed E-state index contributed by atoms with van der Waals surface area (Å²) in [4.78, 5) is 35.7. The highest BCUT2D eigenvalue weighted by molar-refractivity contribution is 5.87. The van der Waals surface area contributed by atoms with Crippen molar-refractivity contribution in [2.75, 3.05) is 44.2 Å². The van der Waals surface area contributed by atoms with Crippen molar-refractivity contribution in [3.63, 3.8) is 0 Å². The van der Waals surface area contributed by atoms with Crippen LogP contribution >= 0.6 is 0 Å². The van der Waals surface area contributed by atoms with E-state index < -0.39 is 11.9 Å². The molecule has 1 aliphatic rings. The maximum absolute atomic E-state index is 11.2. The molecular weight excluding hydrogens is 544 g/mol. The van der Waals surface area contributed by atoms with E-state index in [1.807, 2.05) is 30.3 Å². The van der Waals surface area contributed by atoms with Crippen LogP contribution in [-0.2, 0) is 17.6 Å². The Bertz CT molecular complexity index is 1260. The zero-order valence-corrected chi connectivity index (χ0v) is 24.9. The number of hydrogen-bond donors (Lipinski definition) is 2. The van der Waals surface area contributed by atoms with Crippen LogP contribution in [0.25, 0.3) is 0 Å². The number of aryl methyl sites for hydroxylation is 1. The summed E-state index contributed by atoms with van der Waals surface area (Å²) >= 11 is 0. The number of piperazine rings is 1. The van der Waals surface area contributed by atoms with Crippen LogP contribution in [-0.4, -0.2) is 76.4 Å². The standard InChI is InChI=1S/C34H44N4O5/c39-32(40)11-4-1-8-27(26-28-13-16-30(17-14-28)33(41)42)12-15-29-9-2-3-10-31(29)43-25-6-5-20-37-21-23-38(24-22-37)34-35-18-7-19-36-34/h2-3,7,9-10,13-14,16-19,27H,1,4-6,8,11-12,15,20-26H2,(H,39,40)(H,41,42). The van der Waals surface area contributed by atoms with Gasteiger partial charge in [-0.15, -0.1) is 0 Å². The minimum absolute atomic E-state index is 0.190. The van der Waals surface area contributed by atoms with Crippen molar-refractivity contribution in [2.24, 2.45) is 5.92 Å². The van der Waals surface area contributed by atoms with E-state index in [2.05, 4.69) is 31.9 Å². The average Bonchev–Trinajstić information content (AvgIpc) is 3.03. The molecule has 1 unspecified atom stereocenters. The molecule has 2 N–H and O–H groups in total. The number of hydrogen-bond acceptors (Lipinski definition) is 7. The summed E-state index contributed by atoms with van der Waals surface area (Å²) in [6.45, 7) is 5.67. The highest BCUT2D eigenvalue weighted by Gasteiger charge is 2.18. The van der Waals surface area contributed by atoms with E-state index in [4.69, 9.17) is 9.84 Å². The quantitative estimate of drug-likeness (QED) is 0.183. The second kappa shape index (κ2) is 17.2. The van der Waals surface area contributed by atoms with Crippen LogP contribution in [0.4, 0.5) is 5.95 Å². The van der Waals surface area contributed by atoms with Gasteiger partial charge in [0.05, 0.1) is 12.2 Å². The van der Waals surface area contributed by atoms with Crippen LogP contribution < -0.4 is 9.64 Å². The van der Waals surface area contributed by atoms with E-state index in [1.54, 1.807) is 24.5 Å². The molecule has 230 valence electrons. The predicted molar refractivity (Wildman–Crippen MR) is 167 cm³/mol. The second-order valence-corrected chi connectivity index (χ2v) is 11.3. The lowest BCUT2D eigenvalue weighted by Gasteiger charge is -2.34. The summed E-state index contributed by atoms with van der Waals surface area (Å²) in [7, 11) is 0. The van der Waals surface area contributed by atoms with Crippen molar-refractivity contribution in [1.82, 2.24) is 14.9 Å². The first-order valence-corrected chi connectivity index (χ1v) is 15.5. The van der Waals surface area contributed by atoms with Crippen LogP contribution in [0.1, 0.15) is 66.4 Å². The molecule has 0 radical (unpaired) electrons. The number of aromatic nitrogens is 2. The number of carbonyl (C=O) groups is 2. The van der Waals surface area contributed by atoms with Crippen molar-refractivity contribution in [3.05, 3.63) is 83.7 Å². The van der Waals surface area contributed by atoms with Gasteiger partial charge < -0.3 is 19.8 Å². The Kier molecular flexibility index (Phi) is 12.8. The third-order valence-corrected chi connectivity index (χ3v) is 8.11. The minimum atomic E-state index is -0.925. The number of unbranched alkanes of at least 4 members (excludes halogenated alkanes) is 2. The Morgan fingerprint density at radius 1 is 0.837 bits per heavy atom. The molecule has 3 aromatic rings. The smallest absolute Gasteiger partial charge is 0.335 e. The maximum atomic E-state index is 11.2. The summed E-state index contributed by atoms with van der Waals surface area (Å²) in [5.41, 5.74) is 2.58. The molecule has 1 aromatic heterocycles. The summed E-state index contributed by atoms with van der Waals surface area (Å²) in [6.07, 6.45) is 11.0. The fraction of sp³-hybridized carbons (Fsp3) is 0.471. The number of benzene rings is 2. The predicted octanol–water partition coefficient (Wildman–Crippen LogP) is 5.59. The number of anilines is 1. The maximum Gasteiger partial charge on any atom is 0.335 e. The van der Waals surface area contributed by atoms with Gasteiger partial charge in [-0.2, -0.15) is 0 Å². The number of carboxylic acids is 2. The summed E-state index contributed by atoms with van der Waals surface area (Å²) in [5.74, 6) is 0.437. The van der Waals surface area contributed by atoms with E-state index in [1.165, 1.54) is 5.56 Å². The van der Waals surface area contributed by atoms with E-state index in [0.29, 0.717) is 18.9 Å². The average molecular weight is 589 g/mol. The van der Waals surface area contributed by atoms with Gasteiger partial charge in [0.2, 0.25) is 5.95 Å². The van der Waals surface area contributed by atoms with Crippen LogP contribution in [0.2, 0.25) is 0 Å². The molecule has 9 heteroatoms. The van der Waals surface area contributed by atoms with Crippen molar-refractivity contribution in [3.8, 4) is 5.75 Å². The molecule has 0 aliphatic carbocycles. The number of aromatic carboxylic acids is 1. The lowest BCUT2D eigenvalue weighted by molar-refractivity contribution is -0.137. The van der Waals surface area contributed by atoms with Crippen molar-refractivity contribution < 1.29 is 24.5 Å². The molecule has 2 heterocycles. The van der Waals surface area contributed by atoms with Crippen LogP contribution in [0.15, 0.2) is 67.0 Å². The van der Waals surface area contributed by atoms with Gasteiger partial charge in [-0.05, 0) is 86.4 Å². The number of rotatable bonds is 18. The fourth-order valence-corrected chi connectivity index (χ4v) is 5.63. The number of aliphatic carboxylic acids is 1. The third-order valence-electron chi connectivity index (χ3n) is 8.11. The van der Waals surface area contributed by atoms with Crippen molar-refractivity contribution >= 4 is 17.9 Å². The molecule has 4 rings (SSSR count). The minimum Gasteiger partial charge on any atom is -0.493 e. The molecule has 1 fully saturated rings. The number of para-hydroxylation sites is 1. The first-order valence-electron chi connectivity index (χ1n) is 15.5. The fourth-order valence-electron chi connectivity index (χ4n) is 5.63. The number of ether oxygens (including phenoxy) is 1. The van der Waals surface area contributed by atoms with Gasteiger partial charge in [0.15, 0.2) is 0 Å². The van der Waals surface area contributed by atoms with E-state index >= 15 is 0 Å². The second-order valence-electron chi connectivity index (χ2n) is 11.3. The van der Waals surface area contributed by atoms with Crippen LogP contribution in [0.3, 0.4) is 0 Å². The molecule has 1 aliphatic heterocycles. The summed E-state index contributed by atoms with van der Waals surface area (Å²) in [6, 6.07) is 17.2. The molecule has 9 nitrogen and oxygen atoms in total. The Morgan fingerprint density at radius 2 is 1.58 bits per heavy atom. The van der Waals surface area contributed by atoms with Crippen LogP contribution in [0, 0.1) is 5.92 Å². The Balaban J connectivity index is 1.21. The highest BCUT2D eigenvalue weighted by atomic mass is 16.5. The molecule has 0 spiro atoms. The van der Waals surface area contributed by atoms with E-state index in [-0.39, 0.29) is 12.0 Å². The van der Waals surface area contributed by atoms with Gasteiger partial charge >= 0.3 is 11.9 Å². The zero-order chi connectivity index (χ0) is 30.3. The molecular formula is C34H44N4O5. The highest BCUT2D eigenvalue weighted by Crippen LogP contribution is 2.26. The van der Waals surface area contributed by atoms with E-state index in [9.17, 15) is 14.7 Å². The topological polar surface area (TPSA) is 116 Å². The van der Waals surface area contributed by atoms with Gasteiger partial charge in [-0.25, -0.2) is 14.8 Å². The van der Waals surface area contributed by atoms with Gasteiger partial charge in [-0.1, -0.05) is 43.2 Å². The lowest BCUT2D eigenvalue weighted by Crippen LogP contribution is -2.47. The SMILES string of the molecule is O=C(O)CCCCC(CCc1ccccc1OCCCCN1CCN(c2ncccn2)CC1)Cc1ccc(C(=O)O)cc1. The first-order chi connectivity index (χ1) is 21.0. The van der Waals surface area contributed by atoms with Crippen molar-refractivity contribution in [2.45, 2.75) is 57.8 Å². The van der Waals surface area contributed by atoms with Gasteiger partial charge in [0.25, 0.3) is 0 Å². The molecule has 1 saturated heterocycles. The molecule has 0 bridgehead atoms. The number of carboxylic acid groups (broad SMARTS) is 2. The molecule has 43 heavy (non-hydrogen) atoms. The van der Waals surface area contributed by atoms with Gasteiger partial charge in [-0.3, -0.25) is 9.69 Å². The Morgan fingerprint density at radius 3 is 2.30 bits per heavy atom. The summed E-state index contributed by atoms with van der Waals surface area (Å²) in [5, 5.41) is 18.2. The third kappa shape index (κ3) is 11.0. The normalized spacial score (nSPS) is 14.4. The molecule has 1 atom stereocenters. The monoisotopic (exact) mass is 588 g/mol. The lowest BCUT2D eigenvalue weighted by atomic mass is 9.88. The van der Waals surface area contributed by atoms with E-state index in [0.717, 1.165) is 94.9 Å². The Labute approximate surface area is 254 Å². The Hall–Kier alpha value is -3.98. The van der Waals surface area contributed by atoms with Gasteiger partial charge in [0.1, 0.15) is 5.75 Å². The zero-order valence-electron chi connectivity index (χ0n) is 24.9. The largest absolute Gasteiger partial charge is 0.493 e. The van der Waals surface area contributed by atoms with Gasteiger partial charge in [0, 0.05) is 45.0 Å². The van der Waals surface area contributed by atoms with Crippen LogP contribution in [0.5, 0.6) is 5.75 Å².